The van der Waals surface area contributed by atoms with Crippen molar-refractivity contribution in [1.29, 1.82) is 0 Å². The lowest BCUT2D eigenvalue weighted by molar-refractivity contribution is -0.0178. The predicted molar refractivity (Wildman–Crippen MR) is 69.1 cm³/mol. The molecule has 6 heteroatoms. The second-order valence-electron chi connectivity index (χ2n) is 4.78. The molecule has 0 aliphatic heterocycles. The second kappa shape index (κ2) is 4.62. The largest absolute Gasteiger partial charge is 0.384 e. The molecule has 0 aromatic carbocycles. The minimum atomic E-state index is -0.401. The molecule has 0 saturated heterocycles. The van der Waals surface area contributed by atoms with Gasteiger partial charge in [-0.15, -0.1) is 0 Å². The molecule has 0 radical (unpaired) electrons. The van der Waals surface area contributed by atoms with Crippen LogP contribution in [0.1, 0.15) is 31.5 Å². The zero-order chi connectivity index (χ0) is 13.3. The molecule has 1 aliphatic rings. The van der Waals surface area contributed by atoms with Gasteiger partial charge in [0.25, 0.3) is 5.89 Å². The van der Waals surface area contributed by atoms with Crippen molar-refractivity contribution in [1.82, 2.24) is 15.1 Å². The van der Waals surface area contributed by atoms with Gasteiger partial charge in [-0.25, -0.2) is 4.98 Å². The smallest absolute Gasteiger partial charge is 0.276 e. The molecule has 0 spiro atoms. The summed E-state index contributed by atoms with van der Waals surface area (Å²) in [5.41, 5.74) is 5.84. The van der Waals surface area contributed by atoms with E-state index in [0.29, 0.717) is 23.2 Å². The molecule has 1 aliphatic carbocycles. The Bertz CT molecular complexity index is 576. The number of ether oxygens (including phenoxy) is 1. The SMILES string of the molecule is COC1(c2noc(-c3cccc(N)n3)n2)CCCC1. The number of nitrogen functional groups attached to an aromatic ring is 1. The van der Waals surface area contributed by atoms with Crippen molar-refractivity contribution in [3.05, 3.63) is 24.0 Å². The van der Waals surface area contributed by atoms with Crippen LogP contribution in [0.2, 0.25) is 0 Å². The van der Waals surface area contributed by atoms with Crippen LogP contribution in [0.5, 0.6) is 0 Å². The number of pyridine rings is 1. The Labute approximate surface area is 111 Å². The van der Waals surface area contributed by atoms with E-state index in [9.17, 15) is 0 Å². The molecule has 2 aromatic heterocycles. The van der Waals surface area contributed by atoms with Gasteiger partial charge in [-0.05, 0) is 37.8 Å². The lowest BCUT2D eigenvalue weighted by Crippen LogP contribution is -2.25. The van der Waals surface area contributed by atoms with E-state index in [-0.39, 0.29) is 0 Å². The number of aromatic nitrogens is 3. The molecular weight excluding hydrogens is 244 g/mol. The van der Waals surface area contributed by atoms with E-state index in [1.165, 1.54) is 0 Å². The zero-order valence-electron chi connectivity index (χ0n) is 10.8. The molecule has 3 rings (SSSR count). The highest BCUT2D eigenvalue weighted by Crippen LogP contribution is 2.40. The summed E-state index contributed by atoms with van der Waals surface area (Å²) in [6.45, 7) is 0. The van der Waals surface area contributed by atoms with Crippen LogP contribution in [0.25, 0.3) is 11.6 Å². The van der Waals surface area contributed by atoms with E-state index in [1.807, 2.05) is 6.07 Å². The van der Waals surface area contributed by atoms with Gasteiger partial charge < -0.3 is 15.0 Å². The maximum atomic E-state index is 5.65. The van der Waals surface area contributed by atoms with Gasteiger partial charge in [-0.2, -0.15) is 4.98 Å². The molecule has 1 saturated carbocycles. The molecule has 19 heavy (non-hydrogen) atoms. The average Bonchev–Trinajstić information content (AvgIpc) is 3.08. The third kappa shape index (κ3) is 2.08. The Hall–Kier alpha value is -1.95. The minimum Gasteiger partial charge on any atom is -0.384 e. The summed E-state index contributed by atoms with van der Waals surface area (Å²) in [5, 5.41) is 4.06. The Morgan fingerprint density at radius 1 is 1.26 bits per heavy atom. The van der Waals surface area contributed by atoms with Gasteiger partial charge in [0, 0.05) is 7.11 Å². The van der Waals surface area contributed by atoms with Crippen LogP contribution in [0, 0.1) is 0 Å². The van der Waals surface area contributed by atoms with E-state index in [2.05, 4.69) is 15.1 Å². The monoisotopic (exact) mass is 260 g/mol. The molecule has 100 valence electrons. The first-order valence-electron chi connectivity index (χ1n) is 6.36. The molecular formula is C13H16N4O2. The van der Waals surface area contributed by atoms with E-state index < -0.39 is 5.60 Å². The standard InChI is InChI=1S/C13H16N4O2/c1-18-13(7-2-3-8-13)12-16-11(19-17-12)9-5-4-6-10(14)15-9/h4-6H,2-3,7-8H2,1H3,(H2,14,15). The van der Waals surface area contributed by atoms with Crippen molar-refractivity contribution in [2.45, 2.75) is 31.3 Å². The van der Waals surface area contributed by atoms with E-state index in [1.54, 1.807) is 19.2 Å². The maximum absolute atomic E-state index is 5.65. The highest BCUT2D eigenvalue weighted by atomic mass is 16.5. The molecule has 2 aromatic rings. The highest BCUT2D eigenvalue weighted by Gasteiger charge is 2.40. The van der Waals surface area contributed by atoms with Crippen LogP contribution in [0.4, 0.5) is 5.82 Å². The lowest BCUT2D eigenvalue weighted by Gasteiger charge is -2.22. The minimum absolute atomic E-state index is 0.380. The van der Waals surface area contributed by atoms with Crippen LogP contribution in [0.15, 0.2) is 22.7 Å². The maximum Gasteiger partial charge on any atom is 0.276 e. The second-order valence-corrected chi connectivity index (χ2v) is 4.78. The van der Waals surface area contributed by atoms with Gasteiger partial charge in [0.15, 0.2) is 0 Å². The summed E-state index contributed by atoms with van der Waals surface area (Å²) in [5.74, 6) is 1.41. The quantitative estimate of drug-likeness (QED) is 0.909. The summed E-state index contributed by atoms with van der Waals surface area (Å²) in [6, 6.07) is 5.32. The molecule has 0 bridgehead atoms. The van der Waals surface area contributed by atoms with Crippen molar-refractivity contribution >= 4 is 5.82 Å². The van der Waals surface area contributed by atoms with Crippen molar-refractivity contribution in [3.8, 4) is 11.6 Å². The number of methoxy groups -OCH3 is 1. The third-order valence-corrected chi connectivity index (χ3v) is 3.63. The summed E-state index contributed by atoms with van der Waals surface area (Å²) >= 11 is 0. The third-order valence-electron chi connectivity index (χ3n) is 3.63. The van der Waals surface area contributed by atoms with Gasteiger partial charge in [0.2, 0.25) is 5.82 Å². The van der Waals surface area contributed by atoms with Crippen molar-refractivity contribution < 1.29 is 9.26 Å². The fraction of sp³-hybridized carbons (Fsp3) is 0.462. The van der Waals surface area contributed by atoms with Crippen LogP contribution in [-0.4, -0.2) is 22.2 Å². The molecule has 2 N–H and O–H groups in total. The van der Waals surface area contributed by atoms with Crippen LogP contribution in [0.3, 0.4) is 0 Å². The van der Waals surface area contributed by atoms with Gasteiger partial charge in [-0.1, -0.05) is 11.2 Å². The molecule has 6 nitrogen and oxygen atoms in total. The molecule has 0 atom stereocenters. The fourth-order valence-corrected chi connectivity index (χ4v) is 2.55. The van der Waals surface area contributed by atoms with Gasteiger partial charge in [-0.3, -0.25) is 0 Å². The summed E-state index contributed by atoms with van der Waals surface area (Å²) in [4.78, 5) is 8.60. The van der Waals surface area contributed by atoms with Crippen LogP contribution in [-0.2, 0) is 10.3 Å². The number of hydrogen-bond acceptors (Lipinski definition) is 6. The topological polar surface area (TPSA) is 87.1 Å². The van der Waals surface area contributed by atoms with Crippen LogP contribution >= 0.6 is 0 Å². The van der Waals surface area contributed by atoms with Crippen molar-refractivity contribution in [3.63, 3.8) is 0 Å². The first-order chi connectivity index (χ1) is 9.23. The average molecular weight is 260 g/mol. The van der Waals surface area contributed by atoms with Gasteiger partial charge in [0.05, 0.1) is 0 Å². The number of nitrogens with zero attached hydrogens (tertiary/aromatic N) is 3. The Kier molecular flexibility index (Phi) is 2.94. The summed E-state index contributed by atoms with van der Waals surface area (Å²) in [6.07, 6.45) is 4.09. The predicted octanol–water partition coefficient (Wildman–Crippen LogP) is 2.13. The van der Waals surface area contributed by atoms with Gasteiger partial charge >= 0.3 is 0 Å². The molecule has 0 amide bonds. The first-order valence-corrected chi connectivity index (χ1v) is 6.36. The first kappa shape index (κ1) is 12.1. The number of rotatable bonds is 3. The Morgan fingerprint density at radius 2 is 2.05 bits per heavy atom. The number of hydrogen-bond donors (Lipinski definition) is 1. The summed E-state index contributed by atoms with van der Waals surface area (Å²) < 4.78 is 10.9. The number of anilines is 1. The van der Waals surface area contributed by atoms with E-state index in [0.717, 1.165) is 25.7 Å². The molecule has 2 heterocycles. The van der Waals surface area contributed by atoms with E-state index >= 15 is 0 Å². The normalized spacial score (nSPS) is 17.7. The number of nitrogens with two attached hydrogens (primary N) is 1. The Morgan fingerprint density at radius 3 is 2.74 bits per heavy atom. The molecule has 0 unspecified atom stereocenters. The van der Waals surface area contributed by atoms with Crippen LogP contribution < -0.4 is 5.73 Å². The highest BCUT2D eigenvalue weighted by molar-refractivity contribution is 5.50. The molecule has 1 fully saturated rings. The Balaban J connectivity index is 1.95. The van der Waals surface area contributed by atoms with E-state index in [4.69, 9.17) is 15.0 Å². The summed E-state index contributed by atoms with van der Waals surface area (Å²) in [7, 11) is 1.69. The lowest BCUT2D eigenvalue weighted by atomic mass is 10.0. The zero-order valence-corrected chi connectivity index (χ0v) is 10.8. The van der Waals surface area contributed by atoms with Crippen molar-refractivity contribution in [2.75, 3.05) is 12.8 Å². The van der Waals surface area contributed by atoms with Gasteiger partial charge in [0.1, 0.15) is 17.1 Å². The fourth-order valence-electron chi connectivity index (χ4n) is 2.55. The van der Waals surface area contributed by atoms with Crippen molar-refractivity contribution in [2.24, 2.45) is 0 Å².